The average Bonchev–Trinajstić information content (AvgIpc) is 3.47. The van der Waals surface area contributed by atoms with E-state index in [9.17, 15) is 0 Å². The van der Waals surface area contributed by atoms with Crippen LogP contribution in [-0.4, -0.2) is 76.9 Å². The summed E-state index contributed by atoms with van der Waals surface area (Å²) in [5.41, 5.74) is 3.04. The predicted molar refractivity (Wildman–Crippen MR) is 113 cm³/mol. The maximum atomic E-state index is 4.55. The van der Waals surface area contributed by atoms with E-state index in [0.717, 1.165) is 49.1 Å². The van der Waals surface area contributed by atoms with E-state index in [1.54, 1.807) is 35.5 Å². The van der Waals surface area contributed by atoms with Crippen molar-refractivity contribution in [1.82, 2.24) is 44.6 Å². The Bertz CT molecular complexity index is 1110. The molecule has 0 bridgehead atoms. The molecule has 5 rings (SSSR count). The summed E-state index contributed by atoms with van der Waals surface area (Å²) < 4.78 is 1.73. The van der Waals surface area contributed by atoms with Gasteiger partial charge in [0.15, 0.2) is 11.5 Å². The number of aromatic amines is 1. The second kappa shape index (κ2) is 7.67. The Kier molecular flexibility index (Phi) is 4.71. The summed E-state index contributed by atoms with van der Waals surface area (Å²) in [5.74, 6) is 1.33. The molecule has 1 fully saturated rings. The summed E-state index contributed by atoms with van der Waals surface area (Å²) >= 11 is 0. The van der Waals surface area contributed by atoms with Crippen LogP contribution in [0.1, 0.15) is 13.8 Å². The average molecular weight is 405 g/mol. The van der Waals surface area contributed by atoms with Gasteiger partial charge < -0.3 is 10.2 Å². The molecule has 0 radical (unpaired) electrons. The van der Waals surface area contributed by atoms with Gasteiger partial charge in [-0.1, -0.05) is 0 Å². The van der Waals surface area contributed by atoms with Crippen molar-refractivity contribution in [2.45, 2.75) is 19.9 Å². The van der Waals surface area contributed by atoms with Gasteiger partial charge in [0.25, 0.3) is 0 Å². The third-order valence-electron chi connectivity index (χ3n) is 5.33. The van der Waals surface area contributed by atoms with Gasteiger partial charge in [-0.2, -0.15) is 10.2 Å². The number of rotatable bonds is 5. The number of hydrogen-bond donors (Lipinski definition) is 2. The topological polar surface area (TPSA) is 116 Å². The van der Waals surface area contributed by atoms with Gasteiger partial charge in [-0.15, -0.1) is 0 Å². The molecule has 11 heteroatoms. The van der Waals surface area contributed by atoms with Gasteiger partial charge in [-0.3, -0.25) is 10.00 Å². The lowest BCUT2D eigenvalue weighted by Gasteiger charge is -2.36. The third-order valence-corrected chi connectivity index (χ3v) is 5.33. The van der Waals surface area contributed by atoms with Crippen molar-refractivity contribution in [2.75, 3.05) is 36.4 Å². The highest BCUT2D eigenvalue weighted by Crippen LogP contribution is 2.23. The molecular formula is C19H23N11. The van der Waals surface area contributed by atoms with Crippen LogP contribution in [0.2, 0.25) is 0 Å². The monoisotopic (exact) mass is 405 g/mol. The molecule has 0 amide bonds. The maximum Gasteiger partial charge on any atom is 0.225 e. The molecule has 0 unspecified atom stereocenters. The van der Waals surface area contributed by atoms with Gasteiger partial charge in [0.05, 0.1) is 36.2 Å². The molecule has 4 aromatic heterocycles. The van der Waals surface area contributed by atoms with Gasteiger partial charge in [-0.25, -0.2) is 24.5 Å². The Balaban J connectivity index is 1.33. The van der Waals surface area contributed by atoms with Crippen LogP contribution >= 0.6 is 0 Å². The van der Waals surface area contributed by atoms with Crippen molar-refractivity contribution < 1.29 is 0 Å². The number of H-pyrrole nitrogens is 1. The van der Waals surface area contributed by atoms with E-state index >= 15 is 0 Å². The van der Waals surface area contributed by atoms with Crippen LogP contribution in [-0.2, 0) is 0 Å². The molecule has 5 heterocycles. The summed E-state index contributed by atoms with van der Waals surface area (Å²) in [5, 5.41) is 14.3. The molecule has 0 aliphatic carbocycles. The van der Waals surface area contributed by atoms with Crippen LogP contribution in [0.15, 0.2) is 37.3 Å². The second-order valence-corrected chi connectivity index (χ2v) is 7.49. The highest BCUT2D eigenvalue weighted by atomic mass is 15.3. The first-order valence-corrected chi connectivity index (χ1v) is 9.95. The van der Waals surface area contributed by atoms with Crippen LogP contribution in [0.3, 0.4) is 0 Å². The van der Waals surface area contributed by atoms with E-state index in [-0.39, 0.29) is 0 Å². The summed E-state index contributed by atoms with van der Waals surface area (Å²) in [4.78, 5) is 22.6. The first kappa shape index (κ1) is 18.4. The Hall–Kier alpha value is -3.60. The molecule has 4 aromatic rings. The number of nitrogens with one attached hydrogen (secondary N) is 2. The molecule has 1 saturated heterocycles. The number of anilines is 3. The summed E-state index contributed by atoms with van der Waals surface area (Å²) in [7, 11) is 0. The van der Waals surface area contributed by atoms with Crippen LogP contribution in [0.4, 0.5) is 17.5 Å². The second-order valence-electron chi connectivity index (χ2n) is 7.49. The fraction of sp³-hybridized carbons (Fsp3) is 0.368. The summed E-state index contributed by atoms with van der Waals surface area (Å²) in [6, 6.07) is 0.570. The quantitative estimate of drug-likeness (QED) is 0.510. The minimum Gasteiger partial charge on any atom is -0.338 e. The molecule has 2 N–H and O–H groups in total. The summed E-state index contributed by atoms with van der Waals surface area (Å²) in [6.07, 6.45) is 10.3. The normalized spacial score (nSPS) is 15.2. The van der Waals surface area contributed by atoms with Crippen molar-refractivity contribution in [3.8, 4) is 11.3 Å². The number of hydrogen-bond acceptors (Lipinski definition) is 9. The molecule has 11 nitrogen and oxygen atoms in total. The fourth-order valence-electron chi connectivity index (χ4n) is 3.62. The molecule has 0 spiro atoms. The first-order chi connectivity index (χ1) is 14.7. The van der Waals surface area contributed by atoms with E-state index in [4.69, 9.17) is 0 Å². The zero-order chi connectivity index (χ0) is 20.5. The molecule has 0 atom stereocenters. The number of fused-ring (bicyclic) bond motifs is 1. The smallest absolute Gasteiger partial charge is 0.225 e. The predicted octanol–water partition coefficient (Wildman–Crippen LogP) is 1.58. The Morgan fingerprint density at radius 3 is 2.47 bits per heavy atom. The van der Waals surface area contributed by atoms with Crippen LogP contribution in [0.5, 0.6) is 0 Å². The number of aromatic nitrogens is 8. The molecule has 1 aliphatic rings. The molecule has 154 valence electrons. The van der Waals surface area contributed by atoms with E-state index in [1.165, 1.54) is 6.33 Å². The molecule has 0 aromatic carbocycles. The lowest BCUT2D eigenvalue weighted by Crippen LogP contribution is -2.49. The van der Waals surface area contributed by atoms with E-state index in [0.29, 0.717) is 17.5 Å². The van der Waals surface area contributed by atoms with Crippen LogP contribution in [0, 0.1) is 0 Å². The number of piperazine rings is 1. The fourth-order valence-corrected chi connectivity index (χ4v) is 3.62. The van der Waals surface area contributed by atoms with E-state index in [2.05, 4.69) is 64.2 Å². The largest absolute Gasteiger partial charge is 0.338 e. The van der Waals surface area contributed by atoms with Gasteiger partial charge >= 0.3 is 0 Å². The van der Waals surface area contributed by atoms with Crippen molar-refractivity contribution in [3.05, 3.63) is 37.3 Å². The van der Waals surface area contributed by atoms with Crippen molar-refractivity contribution in [3.63, 3.8) is 0 Å². The molecule has 0 saturated carbocycles. The minimum absolute atomic E-state index is 0.570. The van der Waals surface area contributed by atoms with Gasteiger partial charge in [0.2, 0.25) is 5.95 Å². The minimum atomic E-state index is 0.570. The molecule has 30 heavy (non-hydrogen) atoms. The van der Waals surface area contributed by atoms with Crippen molar-refractivity contribution in [2.24, 2.45) is 0 Å². The van der Waals surface area contributed by atoms with E-state index < -0.39 is 0 Å². The van der Waals surface area contributed by atoms with Gasteiger partial charge in [-0.05, 0) is 13.8 Å². The van der Waals surface area contributed by atoms with Crippen molar-refractivity contribution >= 4 is 23.1 Å². The zero-order valence-electron chi connectivity index (χ0n) is 16.9. The Morgan fingerprint density at radius 1 is 0.967 bits per heavy atom. The highest BCUT2D eigenvalue weighted by Gasteiger charge is 2.20. The maximum absolute atomic E-state index is 4.55. The Labute approximate surface area is 173 Å². The molecule has 1 aliphatic heterocycles. The zero-order valence-corrected chi connectivity index (χ0v) is 16.9. The van der Waals surface area contributed by atoms with Crippen LogP contribution < -0.4 is 10.2 Å². The van der Waals surface area contributed by atoms with Crippen molar-refractivity contribution in [1.29, 1.82) is 0 Å². The SMILES string of the molecule is CC(C)N1CCN(c2ncc(Nc3ncc(-c4cn[nH]c4)n4ncnc34)cn2)CC1. The van der Waals surface area contributed by atoms with Crippen LogP contribution in [0.25, 0.3) is 16.9 Å². The lowest BCUT2D eigenvalue weighted by atomic mass is 10.2. The first-order valence-electron chi connectivity index (χ1n) is 9.95. The molecular weight excluding hydrogens is 382 g/mol. The standard InChI is InChI=1S/C19H23N11/c1-13(2)28-3-5-29(6-4-28)19-21-9-15(10-22-19)27-17-18-23-12-26-30(18)16(11-20-17)14-7-24-25-8-14/h7-13H,3-6H2,1-2H3,(H,20,27)(H,24,25). The van der Waals surface area contributed by atoms with Gasteiger partial charge in [0, 0.05) is 44.0 Å². The lowest BCUT2D eigenvalue weighted by molar-refractivity contribution is 0.208. The van der Waals surface area contributed by atoms with Gasteiger partial charge in [0.1, 0.15) is 6.33 Å². The highest BCUT2D eigenvalue weighted by molar-refractivity contribution is 5.72. The number of nitrogens with zero attached hydrogens (tertiary/aromatic N) is 9. The Morgan fingerprint density at radius 2 is 1.77 bits per heavy atom. The van der Waals surface area contributed by atoms with E-state index in [1.807, 2.05) is 0 Å². The third kappa shape index (κ3) is 3.43. The summed E-state index contributed by atoms with van der Waals surface area (Å²) in [6.45, 7) is 8.38.